The van der Waals surface area contributed by atoms with Crippen LogP contribution in [0, 0.1) is 5.92 Å². The van der Waals surface area contributed by atoms with Gasteiger partial charge in [0.05, 0.1) is 15.5 Å². The SMILES string of the molecule is C[C@@H]1CCCC[C@H]1N1C(=O)/C(=C/c2ccc(-c3ccc(Cl)c(C(=O)O)c3)o2)SC1Nc1ccccc1. The third-order valence-corrected chi connectivity index (χ3v) is 8.25. The lowest BCUT2D eigenvalue weighted by atomic mass is 9.85. The Morgan fingerprint density at radius 1 is 1.14 bits per heavy atom. The van der Waals surface area contributed by atoms with Crippen molar-refractivity contribution in [1.82, 2.24) is 4.90 Å². The number of furan rings is 1. The Hall–Kier alpha value is -3.16. The summed E-state index contributed by atoms with van der Waals surface area (Å²) in [5.74, 6) is 0.381. The zero-order valence-corrected chi connectivity index (χ0v) is 21.4. The molecule has 0 spiro atoms. The molecule has 2 N–H and O–H groups in total. The molecule has 2 aliphatic rings. The van der Waals surface area contributed by atoms with E-state index in [-0.39, 0.29) is 28.0 Å². The number of hydrogen-bond donors (Lipinski definition) is 2. The molecule has 186 valence electrons. The summed E-state index contributed by atoms with van der Waals surface area (Å²) in [6.45, 7) is 2.24. The Bertz CT molecular complexity index is 1310. The van der Waals surface area contributed by atoms with Crippen LogP contribution in [0.5, 0.6) is 0 Å². The molecule has 3 atom stereocenters. The fourth-order valence-corrected chi connectivity index (χ4v) is 6.31. The standard InChI is InChI=1S/C28H27ClN2O4S/c1-17-7-5-6-10-23(17)31-26(32)25(36-28(31)30-19-8-3-2-4-9-19)16-20-12-14-24(35-20)18-11-13-22(29)21(15-18)27(33)34/h2-4,8-9,11-17,23,28,30H,5-7,10H2,1H3,(H,33,34)/b25-16-/t17-,23-,28?/m1/s1. The van der Waals surface area contributed by atoms with Gasteiger partial charge in [0.2, 0.25) is 0 Å². The fourth-order valence-electron chi connectivity index (χ4n) is 4.92. The van der Waals surface area contributed by atoms with Crippen molar-refractivity contribution >= 4 is 47.0 Å². The van der Waals surface area contributed by atoms with Gasteiger partial charge in [-0.15, -0.1) is 0 Å². The quantitative estimate of drug-likeness (QED) is 0.333. The maximum absolute atomic E-state index is 13.7. The molecule has 8 heteroatoms. The molecule has 1 aromatic heterocycles. The average Bonchev–Trinajstić information content (AvgIpc) is 3.45. The molecule has 0 bridgehead atoms. The smallest absolute Gasteiger partial charge is 0.337 e. The molecule has 1 saturated heterocycles. The number of anilines is 1. The van der Waals surface area contributed by atoms with Crippen LogP contribution in [0.4, 0.5) is 5.69 Å². The summed E-state index contributed by atoms with van der Waals surface area (Å²) in [5.41, 5.74) is 1.38. The highest BCUT2D eigenvalue weighted by atomic mass is 35.5. The largest absolute Gasteiger partial charge is 0.478 e. The molecule has 1 saturated carbocycles. The molecule has 2 fully saturated rings. The summed E-state index contributed by atoms with van der Waals surface area (Å²) in [6.07, 6.45) is 6.23. The molecule has 3 aromatic rings. The molecule has 0 radical (unpaired) electrons. The third-order valence-electron chi connectivity index (χ3n) is 6.81. The van der Waals surface area contributed by atoms with E-state index in [1.54, 1.807) is 30.3 Å². The Morgan fingerprint density at radius 2 is 1.92 bits per heavy atom. The first-order chi connectivity index (χ1) is 17.4. The maximum Gasteiger partial charge on any atom is 0.337 e. The molecule has 1 amide bonds. The second-order valence-electron chi connectivity index (χ2n) is 9.23. The van der Waals surface area contributed by atoms with Crippen molar-refractivity contribution in [3.05, 3.63) is 81.9 Å². The monoisotopic (exact) mass is 522 g/mol. The predicted octanol–water partition coefficient (Wildman–Crippen LogP) is 7.19. The van der Waals surface area contributed by atoms with Gasteiger partial charge in [-0.2, -0.15) is 0 Å². The van der Waals surface area contributed by atoms with Gasteiger partial charge in [-0.1, -0.05) is 61.3 Å². The summed E-state index contributed by atoms with van der Waals surface area (Å²) in [7, 11) is 0. The number of carboxylic acid groups (broad SMARTS) is 1. The lowest BCUT2D eigenvalue weighted by Crippen LogP contribution is -2.48. The van der Waals surface area contributed by atoms with Crippen LogP contribution in [0.15, 0.2) is 70.0 Å². The highest BCUT2D eigenvalue weighted by Gasteiger charge is 2.43. The van der Waals surface area contributed by atoms with Crippen molar-refractivity contribution in [3.63, 3.8) is 0 Å². The average molecular weight is 523 g/mol. The number of para-hydroxylation sites is 1. The minimum Gasteiger partial charge on any atom is -0.478 e. The van der Waals surface area contributed by atoms with Gasteiger partial charge in [0.25, 0.3) is 5.91 Å². The highest BCUT2D eigenvalue weighted by molar-refractivity contribution is 8.05. The van der Waals surface area contributed by atoms with Gasteiger partial charge < -0.3 is 19.7 Å². The molecule has 6 nitrogen and oxygen atoms in total. The third kappa shape index (κ3) is 5.04. The van der Waals surface area contributed by atoms with E-state index in [0.29, 0.717) is 27.9 Å². The van der Waals surface area contributed by atoms with Gasteiger partial charge in [-0.25, -0.2) is 4.79 Å². The van der Waals surface area contributed by atoms with Gasteiger partial charge in [-0.3, -0.25) is 4.79 Å². The number of carbonyl (C=O) groups is 2. The van der Waals surface area contributed by atoms with E-state index in [1.165, 1.54) is 24.2 Å². The lowest BCUT2D eigenvalue weighted by Gasteiger charge is -2.39. The molecule has 1 aliphatic heterocycles. The van der Waals surface area contributed by atoms with E-state index in [0.717, 1.165) is 24.9 Å². The maximum atomic E-state index is 13.7. The topological polar surface area (TPSA) is 82.8 Å². The van der Waals surface area contributed by atoms with E-state index in [9.17, 15) is 14.7 Å². The number of carbonyl (C=O) groups excluding carboxylic acids is 1. The number of nitrogens with one attached hydrogen (secondary N) is 1. The van der Waals surface area contributed by atoms with Crippen LogP contribution in [-0.2, 0) is 4.79 Å². The zero-order valence-electron chi connectivity index (χ0n) is 19.8. The van der Waals surface area contributed by atoms with Gasteiger partial charge in [0, 0.05) is 23.4 Å². The van der Waals surface area contributed by atoms with E-state index in [2.05, 4.69) is 12.2 Å². The Kier molecular flexibility index (Phi) is 7.12. The van der Waals surface area contributed by atoms with Crippen LogP contribution < -0.4 is 5.32 Å². The molecule has 2 heterocycles. The van der Waals surface area contributed by atoms with Crippen LogP contribution in [0.25, 0.3) is 17.4 Å². The number of hydrogen-bond acceptors (Lipinski definition) is 5. The van der Waals surface area contributed by atoms with Gasteiger partial charge >= 0.3 is 5.97 Å². The lowest BCUT2D eigenvalue weighted by molar-refractivity contribution is -0.129. The van der Waals surface area contributed by atoms with Crippen molar-refractivity contribution in [2.24, 2.45) is 5.92 Å². The number of amides is 1. The number of carboxylic acids is 1. The second-order valence-corrected chi connectivity index (χ2v) is 10.8. The summed E-state index contributed by atoms with van der Waals surface area (Å²) in [6, 6.07) is 18.4. The van der Waals surface area contributed by atoms with Crippen molar-refractivity contribution in [3.8, 4) is 11.3 Å². The van der Waals surface area contributed by atoms with Crippen LogP contribution in [0.2, 0.25) is 5.02 Å². The van der Waals surface area contributed by atoms with Crippen LogP contribution >= 0.6 is 23.4 Å². The van der Waals surface area contributed by atoms with E-state index in [4.69, 9.17) is 16.0 Å². The highest BCUT2D eigenvalue weighted by Crippen LogP contribution is 2.42. The Morgan fingerprint density at radius 3 is 2.67 bits per heavy atom. The summed E-state index contributed by atoms with van der Waals surface area (Å²) < 4.78 is 5.99. The zero-order chi connectivity index (χ0) is 25.2. The normalized spacial score (nSPS) is 23.3. The van der Waals surface area contributed by atoms with E-state index < -0.39 is 5.97 Å². The number of halogens is 1. The van der Waals surface area contributed by atoms with Gasteiger partial charge in [0.1, 0.15) is 11.5 Å². The van der Waals surface area contributed by atoms with E-state index >= 15 is 0 Å². The van der Waals surface area contributed by atoms with Crippen molar-refractivity contribution in [2.45, 2.75) is 44.1 Å². The number of aromatic carboxylic acids is 1. The van der Waals surface area contributed by atoms with Gasteiger partial charge in [-0.05, 0) is 61.2 Å². The minimum atomic E-state index is -1.10. The molecular weight excluding hydrogens is 496 g/mol. The number of benzene rings is 2. The molecule has 1 aliphatic carbocycles. The Balaban J connectivity index is 1.43. The first kappa shape index (κ1) is 24.5. The van der Waals surface area contributed by atoms with Crippen LogP contribution in [0.1, 0.15) is 48.7 Å². The second kappa shape index (κ2) is 10.4. The van der Waals surface area contributed by atoms with E-state index in [1.807, 2.05) is 35.2 Å². The Labute approximate surface area is 219 Å². The molecular formula is C28H27ClN2O4S. The minimum absolute atomic E-state index is 0.00443. The predicted molar refractivity (Wildman–Crippen MR) is 144 cm³/mol. The summed E-state index contributed by atoms with van der Waals surface area (Å²) >= 11 is 7.50. The first-order valence-corrected chi connectivity index (χ1v) is 13.3. The number of rotatable bonds is 6. The molecule has 1 unspecified atom stereocenters. The van der Waals surface area contributed by atoms with Crippen molar-refractivity contribution in [1.29, 1.82) is 0 Å². The van der Waals surface area contributed by atoms with Crippen molar-refractivity contribution < 1.29 is 19.1 Å². The molecule has 5 rings (SSSR count). The van der Waals surface area contributed by atoms with Crippen molar-refractivity contribution in [2.75, 3.05) is 5.32 Å². The summed E-state index contributed by atoms with van der Waals surface area (Å²) in [4.78, 5) is 27.7. The van der Waals surface area contributed by atoms with Crippen LogP contribution in [-0.4, -0.2) is 33.4 Å². The number of nitrogens with zero attached hydrogens (tertiary/aromatic N) is 1. The fraction of sp³-hybridized carbons (Fsp3) is 0.286. The first-order valence-electron chi connectivity index (χ1n) is 12.1. The molecule has 36 heavy (non-hydrogen) atoms. The van der Waals surface area contributed by atoms with Gasteiger partial charge in [0.15, 0.2) is 5.50 Å². The summed E-state index contributed by atoms with van der Waals surface area (Å²) in [5, 5.41) is 13.1. The number of thioether (sulfide) groups is 1. The van der Waals surface area contributed by atoms with Crippen LogP contribution in [0.3, 0.4) is 0 Å². The molecule has 2 aromatic carbocycles.